The van der Waals surface area contributed by atoms with Gasteiger partial charge in [0, 0.05) is 25.5 Å². The van der Waals surface area contributed by atoms with Crippen molar-refractivity contribution < 1.29 is 14.6 Å². The molecule has 2 aromatic rings. The predicted octanol–water partition coefficient (Wildman–Crippen LogP) is 1.81. The molecule has 0 aliphatic heterocycles. The van der Waals surface area contributed by atoms with Crippen LogP contribution in [0.15, 0.2) is 30.6 Å². The first-order valence-electron chi connectivity index (χ1n) is 7.22. The van der Waals surface area contributed by atoms with E-state index >= 15 is 0 Å². The summed E-state index contributed by atoms with van der Waals surface area (Å²) in [5, 5.41) is 9.70. The minimum absolute atomic E-state index is 0.407. The van der Waals surface area contributed by atoms with Crippen molar-refractivity contribution in [3.63, 3.8) is 0 Å². The van der Waals surface area contributed by atoms with Gasteiger partial charge in [-0.2, -0.15) is 0 Å². The molecule has 0 spiro atoms. The minimum Gasteiger partial charge on any atom is -0.493 e. The number of rotatable bonds is 8. The zero-order valence-electron chi connectivity index (χ0n) is 13.2. The first-order chi connectivity index (χ1) is 10.6. The van der Waals surface area contributed by atoms with Gasteiger partial charge in [-0.05, 0) is 24.6 Å². The van der Waals surface area contributed by atoms with Crippen LogP contribution in [0, 0.1) is 0 Å². The highest BCUT2D eigenvalue weighted by molar-refractivity contribution is 5.42. The number of ether oxygens (including phenoxy) is 2. The third-order valence-electron chi connectivity index (χ3n) is 3.30. The van der Waals surface area contributed by atoms with Gasteiger partial charge in [-0.1, -0.05) is 6.07 Å². The molecule has 0 fully saturated rings. The zero-order chi connectivity index (χ0) is 15.9. The lowest BCUT2D eigenvalue weighted by Crippen LogP contribution is -2.30. The summed E-state index contributed by atoms with van der Waals surface area (Å²) in [5.41, 5.74) is 1.09. The van der Waals surface area contributed by atoms with Crippen molar-refractivity contribution in [2.75, 3.05) is 20.8 Å². The number of methoxy groups -OCH3 is 2. The van der Waals surface area contributed by atoms with E-state index in [1.165, 1.54) is 0 Å². The Kier molecular flexibility index (Phi) is 5.80. The van der Waals surface area contributed by atoms with Gasteiger partial charge in [-0.25, -0.2) is 4.98 Å². The maximum Gasteiger partial charge on any atom is 0.161 e. The van der Waals surface area contributed by atoms with Crippen LogP contribution in [0.3, 0.4) is 0 Å². The second-order valence-corrected chi connectivity index (χ2v) is 5.24. The summed E-state index contributed by atoms with van der Waals surface area (Å²) < 4.78 is 10.6. The Morgan fingerprint density at radius 3 is 2.59 bits per heavy atom. The van der Waals surface area contributed by atoms with E-state index in [0.29, 0.717) is 31.1 Å². The van der Waals surface area contributed by atoms with Crippen molar-refractivity contribution >= 4 is 0 Å². The highest BCUT2D eigenvalue weighted by atomic mass is 16.5. The van der Waals surface area contributed by atoms with Gasteiger partial charge in [0.15, 0.2) is 11.5 Å². The summed E-state index contributed by atoms with van der Waals surface area (Å²) >= 11 is 0. The molecule has 0 unspecified atom stereocenters. The molecule has 0 bridgehead atoms. The molecule has 2 N–H and O–H groups in total. The highest BCUT2D eigenvalue weighted by Gasteiger charge is 2.13. The van der Waals surface area contributed by atoms with Crippen molar-refractivity contribution in [2.45, 2.75) is 26.1 Å². The fourth-order valence-electron chi connectivity index (χ4n) is 2.39. The highest BCUT2D eigenvalue weighted by Crippen LogP contribution is 2.28. The first kappa shape index (κ1) is 16.3. The molecule has 1 aromatic heterocycles. The number of aliphatic hydroxyl groups is 1. The summed E-state index contributed by atoms with van der Waals surface area (Å²) in [4.78, 5) is 9.46. The third-order valence-corrected chi connectivity index (χ3v) is 3.30. The largest absolute Gasteiger partial charge is 0.493 e. The zero-order valence-corrected chi connectivity index (χ0v) is 13.2. The SMILES string of the molecule is COc1ccc(CN(Cc2ncc[nH]2)C[C@H](C)O)cc1OC. The molecule has 1 atom stereocenters. The molecule has 0 radical (unpaired) electrons. The quantitative estimate of drug-likeness (QED) is 0.778. The maximum absolute atomic E-state index is 9.70. The lowest BCUT2D eigenvalue weighted by molar-refractivity contribution is 0.116. The van der Waals surface area contributed by atoms with Crippen LogP contribution in [-0.4, -0.2) is 46.8 Å². The number of imidazole rings is 1. The van der Waals surface area contributed by atoms with E-state index in [4.69, 9.17) is 9.47 Å². The Bertz CT molecular complexity index is 570. The van der Waals surface area contributed by atoms with Crippen LogP contribution in [0.1, 0.15) is 18.3 Å². The third kappa shape index (κ3) is 4.47. The van der Waals surface area contributed by atoms with Gasteiger partial charge in [-0.3, -0.25) is 4.90 Å². The number of aliphatic hydroxyl groups excluding tert-OH is 1. The molecule has 0 aliphatic carbocycles. The fourth-order valence-corrected chi connectivity index (χ4v) is 2.39. The summed E-state index contributed by atoms with van der Waals surface area (Å²) in [6, 6.07) is 5.84. The van der Waals surface area contributed by atoms with Crippen LogP contribution in [0.25, 0.3) is 0 Å². The van der Waals surface area contributed by atoms with E-state index in [9.17, 15) is 5.11 Å². The van der Waals surface area contributed by atoms with Crippen LogP contribution in [0.2, 0.25) is 0 Å². The second kappa shape index (κ2) is 7.82. The van der Waals surface area contributed by atoms with Crippen molar-refractivity contribution in [1.82, 2.24) is 14.9 Å². The predicted molar refractivity (Wildman–Crippen MR) is 83.9 cm³/mol. The fraction of sp³-hybridized carbons (Fsp3) is 0.438. The minimum atomic E-state index is -0.407. The lowest BCUT2D eigenvalue weighted by Gasteiger charge is -2.23. The molecule has 2 rings (SSSR count). The first-order valence-corrected chi connectivity index (χ1v) is 7.22. The van der Waals surface area contributed by atoms with E-state index < -0.39 is 6.10 Å². The van der Waals surface area contributed by atoms with Gasteiger partial charge in [0.05, 0.1) is 26.9 Å². The monoisotopic (exact) mass is 305 g/mol. The normalized spacial score (nSPS) is 12.4. The molecule has 0 saturated heterocycles. The number of hydrogen-bond acceptors (Lipinski definition) is 5. The number of benzene rings is 1. The Morgan fingerprint density at radius 2 is 2.00 bits per heavy atom. The molecule has 6 heteroatoms. The second-order valence-electron chi connectivity index (χ2n) is 5.24. The number of nitrogens with zero attached hydrogens (tertiary/aromatic N) is 2. The van der Waals surface area contributed by atoms with Gasteiger partial charge in [0.1, 0.15) is 5.82 Å². The van der Waals surface area contributed by atoms with Crippen molar-refractivity contribution in [2.24, 2.45) is 0 Å². The molecule has 0 saturated carbocycles. The van der Waals surface area contributed by atoms with E-state index in [1.807, 2.05) is 18.2 Å². The summed E-state index contributed by atoms with van der Waals surface area (Å²) in [6.45, 7) is 3.68. The molecule has 0 aliphatic rings. The summed E-state index contributed by atoms with van der Waals surface area (Å²) in [7, 11) is 3.24. The molecule has 0 amide bonds. The topological polar surface area (TPSA) is 70.6 Å². The number of nitrogens with one attached hydrogen (secondary N) is 1. The number of hydrogen-bond donors (Lipinski definition) is 2. The van der Waals surface area contributed by atoms with E-state index in [2.05, 4.69) is 14.9 Å². The van der Waals surface area contributed by atoms with E-state index in [0.717, 1.165) is 11.4 Å². The van der Waals surface area contributed by atoms with E-state index in [-0.39, 0.29) is 0 Å². The molecular formula is C16H23N3O3. The van der Waals surface area contributed by atoms with Crippen LogP contribution in [0.4, 0.5) is 0 Å². The van der Waals surface area contributed by atoms with Crippen LogP contribution >= 0.6 is 0 Å². The smallest absolute Gasteiger partial charge is 0.161 e. The van der Waals surface area contributed by atoms with Crippen LogP contribution in [-0.2, 0) is 13.1 Å². The van der Waals surface area contributed by atoms with Crippen LogP contribution in [0.5, 0.6) is 11.5 Å². The Labute approximate surface area is 130 Å². The molecular weight excluding hydrogens is 282 g/mol. The standard InChI is InChI=1S/C16H23N3O3/c1-12(20)9-19(11-16-17-6-7-18-16)10-13-4-5-14(21-2)15(8-13)22-3/h4-8,12,20H,9-11H2,1-3H3,(H,17,18)/t12-/m0/s1. The Morgan fingerprint density at radius 1 is 1.23 bits per heavy atom. The van der Waals surface area contributed by atoms with E-state index in [1.54, 1.807) is 33.5 Å². The van der Waals surface area contributed by atoms with Gasteiger partial charge < -0.3 is 19.6 Å². The Balaban J connectivity index is 2.12. The molecule has 22 heavy (non-hydrogen) atoms. The molecule has 1 heterocycles. The van der Waals surface area contributed by atoms with Gasteiger partial charge >= 0.3 is 0 Å². The van der Waals surface area contributed by atoms with Crippen molar-refractivity contribution in [3.05, 3.63) is 42.0 Å². The van der Waals surface area contributed by atoms with Gasteiger partial charge in [0.25, 0.3) is 0 Å². The maximum atomic E-state index is 9.70. The van der Waals surface area contributed by atoms with Crippen LogP contribution < -0.4 is 9.47 Å². The molecule has 6 nitrogen and oxygen atoms in total. The van der Waals surface area contributed by atoms with Gasteiger partial charge in [-0.15, -0.1) is 0 Å². The number of H-pyrrole nitrogens is 1. The average Bonchev–Trinajstić information content (AvgIpc) is 2.99. The molecule has 120 valence electrons. The van der Waals surface area contributed by atoms with Gasteiger partial charge in [0.2, 0.25) is 0 Å². The average molecular weight is 305 g/mol. The summed E-state index contributed by atoms with van der Waals surface area (Å²) in [6.07, 6.45) is 3.12. The lowest BCUT2D eigenvalue weighted by atomic mass is 10.1. The number of aromatic nitrogens is 2. The van der Waals surface area contributed by atoms with Crippen molar-refractivity contribution in [1.29, 1.82) is 0 Å². The van der Waals surface area contributed by atoms with Crippen molar-refractivity contribution in [3.8, 4) is 11.5 Å². The Hall–Kier alpha value is -2.05. The summed E-state index contributed by atoms with van der Waals surface area (Å²) in [5.74, 6) is 2.29. The molecule has 1 aromatic carbocycles. The number of aromatic amines is 1.